The quantitative estimate of drug-likeness (QED) is 0.690. The number of nitriles is 1. The van der Waals surface area contributed by atoms with Crippen LogP contribution in [0, 0.1) is 11.3 Å². The molecule has 0 spiro atoms. The molecule has 1 atom stereocenters. The molecule has 1 aromatic carbocycles. The van der Waals surface area contributed by atoms with Gasteiger partial charge in [0.2, 0.25) is 0 Å². The van der Waals surface area contributed by atoms with Crippen LogP contribution in [0.4, 0.5) is 0 Å². The van der Waals surface area contributed by atoms with Gasteiger partial charge in [-0.2, -0.15) is 5.26 Å². The summed E-state index contributed by atoms with van der Waals surface area (Å²) in [4.78, 5) is 0. The summed E-state index contributed by atoms with van der Waals surface area (Å²) in [6, 6.07) is 10.2. The Bertz CT molecular complexity index is 413. The molecule has 0 aliphatic carbocycles. The summed E-state index contributed by atoms with van der Waals surface area (Å²) in [5.74, 6) is 1.28. The number of rotatable bonds is 7. The second-order valence-electron chi connectivity index (χ2n) is 4.47. The largest absolute Gasteiger partial charge is 0.497 e. The molecular weight excluding hydrogens is 246 g/mol. The highest BCUT2D eigenvalue weighted by Crippen LogP contribution is 2.35. The van der Waals surface area contributed by atoms with Crippen molar-refractivity contribution in [1.82, 2.24) is 0 Å². The van der Waals surface area contributed by atoms with Crippen LogP contribution in [0.3, 0.4) is 0 Å². The lowest BCUT2D eigenvalue weighted by Gasteiger charge is -2.26. The van der Waals surface area contributed by atoms with Crippen molar-refractivity contribution in [2.45, 2.75) is 38.0 Å². The zero-order valence-corrected chi connectivity index (χ0v) is 11.8. The number of alkyl halides is 1. The summed E-state index contributed by atoms with van der Waals surface area (Å²) in [6.07, 6.45) is 3.63. The van der Waals surface area contributed by atoms with Gasteiger partial charge in [0.1, 0.15) is 5.75 Å². The summed E-state index contributed by atoms with van der Waals surface area (Å²) in [5, 5.41) is 9.60. The summed E-state index contributed by atoms with van der Waals surface area (Å²) in [6.45, 7) is 2.13. The Labute approximate surface area is 115 Å². The first kappa shape index (κ1) is 14.9. The van der Waals surface area contributed by atoms with Crippen LogP contribution in [0.15, 0.2) is 24.3 Å². The summed E-state index contributed by atoms with van der Waals surface area (Å²) < 4.78 is 5.23. The van der Waals surface area contributed by atoms with E-state index in [1.165, 1.54) is 0 Å². The Morgan fingerprint density at radius 3 is 2.72 bits per heavy atom. The summed E-state index contributed by atoms with van der Waals surface area (Å²) in [7, 11) is 1.64. The van der Waals surface area contributed by atoms with Gasteiger partial charge >= 0.3 is 0 Å². The lowest BCUT2D eigenvalue weighted by atomic mass is 9.75. The molecule has 2 nitrogen and oxygen atoms in total. The second kappa shape index (κ2) is 7.28. The van der Waals surface area contributed by atoms with E-state index in [4.69, 9.17) is 16.3 Å². The zero-order valence-electron chi connectivity index (χ0n) is 11.1. The van der Waals surface area contributed by atoms with Gasteiger partial charge in [0.15, 0.2) is 0 Å². The maximum atomic E-state index is 9.60. The van der Waals surface area contributed by atoms with E-state index in [-0.39, 0.29) is 0 Å². The standard InChI is InChI=1S/C15H20ClNO/c1-3-4-8-15(12-17,9-10-16)13-6-5-7-14(11-13)18-2/h5-7,11H,3-4,8-10H2,1-2H3/t15-/m1/s1. The lowest BCUT2D eigenvalue weighted by molar-refractivity contribution is 0.410. The van der Waals surface area contributed by atoms with E-state index in [0.29, 0.717) is 12.3 Å². The predicted octanol–water partition coefficient (Wildman–Crippen LogP) is 4.28. The summed E-state index contributed by atoms with van der Waals surface area (Å²) >= 11 is 5.88. The number of unbranched alkanes of at least 4 members (excludes halogenated alkanes) is 1. The lowest BCUT2D eigenvalue weighted by Crippen LogP contribution is -2.25. The number of hydrogen-bond donors (Lipinski definition) is 0. The third kappa shape index (κ3) is 3.40. The van der Waals surface area contributed by atoms with Gasteiger partial charge in [-0.3, -0.25) is 0 Å². The van der Waals surface area contributed by atoms with Crippen LogP contribution in [-0.2, 0) is 5.41 Å². The molecule has 0 aliphatic rings. The van der Waals surface area contributed by atoms with E-state index >= 15 is 0 Å². The van der Waals surface area contributed by atoms with Gasteiger partial charge in [0.05, 0.1) is 18.6 Å². The van der Waals surface area contributed by atoms with Crippen molar-refractivity contribution >= 4 is 11.6 Å². The molecule has 18 heavy (non-hydrogen) atoms. The Morgan fingerprint density at radius 1 is 1.39 bits per heavy atom. The number of ether oxygens (including phenoxy) is 1. The van der Waals surface area contributed by atoms with Gasteiger partial charge in [-0.25, -0.2) is 0 Å². The van der Waals surface area contributed by atoms with E-state index in [0.717, 1.165) is 30.6 Å². The number of nitrogens with zero attached hydrogens (tertiary/aromatic N) is 1. The molecule has 0 radical (unpaired) electrons. The van der Waals surface area contributed by atoms with Crippen molar-refractivity contribution in [2.24, 2.45) is 0 Å². The first-order valence-corrected chi connectivity index (χ1v) is 6.87. The highest BCUT2D eigenvalue weighted by molar-refractivity contribution is 6.17. The molecule has 0 amide bonds. The predicted molar refractivity (Wildman–Crippen MR) is 75.1 cm³/mol. The average molecular weight is 266 g/mol. The first-order valence-electron chi connectivity index (χ1n) is 6.34. The van der Waals surface area contributed by atoms with Crippen LogP contribution < -0.4 is 4.74 Å². The van der Waals surface area contributed by atoms with Crippen molar-refractivity contribution in [3.63, 3.8) is 0 Å². The highest BCUT2D eigenvalue weighted by Gasteiger charge is 2.31. The fraction of sp³-hybridized carbons (Fsp3) is 0.533. The van der Waals surface area contributed by atoms with E-state index in [1.54, 1.807) is 7.11 Å². The molecule has 0 saturated carbocycles. The van der Waals surface area contributed by atoms with Crippen LogP contribution in [0.5, 0.6) is 5.75 Å². The molecule has 0 aromatic heterocycles. The van der Waals surface area contributed by atoms with Gasteiger partial charge in [-0.15, -0.1) is 11.6 Å². The normalized spacial score (nSPS) is 13.7. The van der Waals surface area contributed by atoms with Gasteiger partial charge in [-0.1, -0.05) is 31.9 Å². The maximum absolute atomic E-state index is 9.60. The minimum absolute atomic E-state index is 0.480. The molecule has 0 unspecified atom stereocenters. The molecule has 0 bridgehead atoms. The van der Waals surface area contributed by atoms with Crippen LogP contribution in [0.25, 0.3) is 0 Å². The molecule has 0 heterocycles. The second-order valence-corrected chi connectivity index (χ2v) is 4.85. The molecule has 98 valence electrons. The Hall–Kier alpha value is -1.20. The molecule has 3 heteroatoms. The maximum Gasteiger partial charge on any atom is 0.119 e. The highest BCUT2D eigenvalue weighted by atomic mass is 35.5. The van der Waals surface area contributed by atoms with Crippen molar-refractivity contribution in [1.29, 1.82) is 5.26 Å². The number of halogens is 1. The molecule has 1 aromatic rings. The monoisotopic (exact) mass is 265 g/mol. The minimum atomic E-state index is -0.480. The third-order valence-electron chi connectivity index (χ3n) is 3.31. The Kier molecular flexibility index (Phi) is 6.01. The topological polar surface area (TPSA) is 33.0 Å². The van der Waals surface area contributed by atoms with Crippen LogP contribution in [-0.4, -0.2) is 13.0 Å². The Morgan fingerprint density at radius 2 is 2.17 bits per heavy atom. The molecule has 0 N–H and O–H groups in total. The first-order chi connectivity index (χ1) is 8.72. The van der Waals surface area contributed by atoms with Gasteiger partial charge < -0.3 is 4.74 Å². The van der Waals surface area contributed by atoms with Crippen molar-refractivity contribution in [3.8, 4) is 11.8 Å². The van der Waals surface area contributed by atoms with Crippen molar-refractivity contribution in [3.05, 3.63) is 29.8 Å². The van der Waals surface area contributed by atoms with Crippen molar-refractivity contribution < 1.29 is 4.74 Å². The average Bonchev–Trinajstić information content (AvgIpc) is 2.43. The molecule has 0 saturated heterocycles. The van der Waals surface area contributed by atoms with Gasteiger partial charge in [0.25, 0.3) is 0 Å². The van der Waals surface area contributed by atoms with E-state index in [9.17, 15) is 5.26 Å². The minimum Gasteiger partial charge on any atom is -0.497 e. The van der Waals surface area contributed by atoms with Gasteiger partial charge in [0, 0.05) is 5.88 Å². The molecule has 0 aliphatic heterocycles. The van der Waals surface area contributed by atoms with Crippen LogP contribution in [0.2, 0.25) is 0 Å². The fourth-order valence-corrected chi connectivity index (χ4v) is 2.47. The van der Waals surface area contributed by atoms with Gasteiger partial charge in [-0.05, 0) is 30.5 Å². The van der Waals surface area contributed by atoms with Crippen LogP contribution in [0.1, 0.15) is 38.2 Å². The van der Waals surface area contributed by atoms with Crippen LogP contribution >= 0.6 is 11.6 Å². The third-order valence-corrected chi connectivity index (χ3v) is 3.50. The fourth-order valence-electron chi connectivity index (χ4n) is 2.15. The molecule has 0 fully saturated rings. The van der Waals surface area contributed by atoms with E-state index < -0.39 is 5.41 Å². The SMILES string of the molecule is CCCC[C@](C#N)(CCCl)c1cccc(OC)c1. The number of methoxy groups -OCH3 is 1. The number of benzene rings is 1. The number of hydrogen-bond acceptors (Lipinski definition) is 2. The van der Waals surface area contributed by atoms with Crippen molar-refractivity contribution in [2.75, 3.05) is 13.0 Å². The Balaban J connectivity index is 3.10. The zero-order chi connectivity index (χ0) is 13.4. The smallest absolute Gasteiger partial charge is 0.119 e. The van der Waals surface area contributed by atoms with E-state index in [1.807, 2.05) is 24.3 Å². The molecule has 1 rings (SSSR count). The molecular formula is C15H20ClNO. The van der Waals surface area contributed by atoms with E-state index in [2.05, 4.69) is 13.0 Å². The summed E-state index contributed by atoms with van der Waals surface area (Å²) in [5.41, 5.74) is 0.533.